The molecular formula is C11H21NO2. The molecule has 2 aliphatic rings. The third-order valence-electron chi connectivity index (χ3n) is 3.35. The van der Waals surface area contributed by atoms with Crippen LogP contribution in [-0.4, -0.2) is 37.0 Å². The lowest BCUT2D eigenvalue weighted by Crippen LogP contribution is -2.49. The van der Waals surface area contributed by atoms with E-state index in [0.29, 0.717) is 12.7 Å². The van der Waals surface area contributed by atoms with Gasteiger partial charge in [0.25, 0.3) is 0 Å². The van der Waals surface area contributed by atoms with Crippen molar-refractivity contribution in [2.45, 2.75) is 44.3 Å². The minimum atomic E-state index is -0.237. The third-order valence-corrected chi connectivity index (χ3v) is 3.35. The number of aliphatic hydroxyl groups excluding tert-OH is 1. The van der Waals surface area contributed by atoms with E-state index in [2.05, 4.69) is 5.32 Å². The molecule has 0 aromatic heterocycles. The van der Waals surface area contributed by atoms with Crippen LogP contribution in [0.4, 0.5) is 0 Å². The van der Waals surface area contributed by atoms with E-state index in [1.807, 2.05) is 0 Å². The van der Waals surface area contributed by atoms with Crippen LogP contribution in [0.3, 0.4) is 0 Å². The highest BCUT2D eigenvalue weighted by atomic mass is 16.5. The molecule has 1 saturated heterocycles. The van der Waals surface area contributed by atoms with Crippen LogP contribution in [-0.2, 0) is 4.74 Å². The Bertz CT molecular complexity index is 165. The Labute approximate surface area is 85.8 Å². The first-order valence-corrected chi connectivity index (χ1v) is 5.85. The molecule has 14 heavy (non-hydrogen) atoms. The summed E-state index contributed by atoms with van der Waals surface area (Å²) in [5, 5.41) is 12.9. The van der Waals surface area contributed by atoms with Gasteiger partial charge in [-0.1, -0.05) is 25.7 Å². The van der Waals surface area contributed by atoms with Crippen LogP contribution in [0, 0.1) is 5.92 Å². The zero-order chi connectivity index (χ0) is 9.80. The summed E-state index contributed by atoms with van der Waals surface area (Å²) in [5.74, 6) is 0.758. The fourth-order valence-corrected chi connectivity index (χ4v) is 2.33. The number of rotatable bonds is 5. The van der Waals surface area contributed by atoms with Crippen LogP contribution < -0.4 is 5.32 Å². The molecule has 1 aliphatic heterocycles. The van der Waals surface area contributed by atoms with Gasteiger partial charge < -0.3 is 15.2 Å². The van der Waals surface area contributed by atoms with Gasteiger partial charge in [-0.2, -0.15) is 0 Å². The summed E-state index contributed by atoms with van der Waals surface area (Å²) < 4.78 is 5.54. The van der Waals surface area contributed by atoms with Gasteiger partial charge in [0.1, 0.15) is 0 Å². The first kappa shape index (κ1) is 10.4. The molecule has 0 spiro atoms. The smallest absolute Gasteiger partial charge is 0.0824 e. The summed E-state index contributed by atoms with van der Waals surface area (Å²) in [5.41, 5.74) is 0. The van der Waals surface area contributed by atoms with Crippen molar-refractivity contribution >= 4 is 0 Å². The second kappa shape index (κ2) is 5.10. The average Bonchev–Trinajstić information content (AvgIpc) is 2.54. The van der Waals surface area contributed by atoms with Gasteiger partial charge in [0, 0.05) is 13.1 Å². The van der Waals surface area contributed by atoms with E-state index in [9.17, 15) is 5.11 Å². The zero-order valence-corrected chi connectivity index (χ0v) is 8.74. The molecule has 0 aromatic carbocycles. The number of aliphatic hydroxyl groups is 1. The van der Waals surface area contributed by atoms with Crippen LogP contribution in [0.5, 0.6) is 0 Å². The lowest BCUT2D eigenvalue weighted by Gasteiger charge is -2.28. The summed E-state index contributed by atoms with van der Waals surface area (Å²) in [6.07, 6.45) is 6.38. The third kappa shape index (κ3) is 2.94. The molecule has 0 amide bonds. The Hall–Kier alpha value is -0.120. The first-order valence-electron chi connectivity index (χ1n) is 5.85. The lowest BCUT2D eigenvalue weighted by atomic mass is 10.0. The number of nitrogens with one attached hydrogen (secondary N) is 1. The Morgan fingerprint density at radius 3 is 2.57 bits per heavy atom. The van der Waals surface area contributed by atoms with Crippen molar-refractivity contribution in [2.24, 2.45) is 5.92 Å². The normalized spacial score (nSPS) is 26.4. The molecule has 2 fully saturated rings. The van der Waals surface area contributed by atoms with Crippen LogP contribution in [0.25, 0.3) is 0 Å². The van der Waals surface area contributed by atoms with E-state index in [0.717, 1.165) is 25.4 Å². The molecule has 2 rings (SSSR count). The van der Waals surface area contributed by atoms with Gasteiger partial charge in [-0.15, -0.1) is 0 Å². The van der Waals surface area contributed by atoms with Gasteiger partial charge in [0.05, 0.1) is 18.8 Å². The van der Waals surface area contributed by atoms with E-state index < -0.39 is 0 Å². The quantitative estimate of drug-likeness (QED) is 0.691. The summed E-state index contributed by atoms with van der Waals surface area (Å²) in [7, 11) is 0. The Morgan fingerprint density at radius 2 is 2.00 bits per heavy atom. The van der Waals surface area contributed by atoms with Crippen LogP contribution in [0.2, 0.25) is 0 Å². The number of hydrogen-bond acceptors (Lipinski definition) is 3. The molecule has 1 heterocycles. The second-order valence-electron chi connectivity index (χ2n) is 4.65. The molecule has 2 N–H and O–H groups in total. The van der Waals surface area contributed by atoms with Crippen molar-refractivity contribution in [3.63, 3.8) is 0 Å². The summed E-state index contributed by atoms with van der Waals surface area (Å²) in [6, 6.07) is 0. The fourth-order valence-electron chi connectivity index (χ4n) is 2.33. The molecule has 1 saturated carbocycles. The van der Waals surface area contributed by atoms with E-state index in [-0.39, 0.29) is 6.10 Å². The predicted molar refractivity (Wildman–Crippen MR) is 55.2 cm³/mol. The first-order chi connectivity index (χ1) is 6.84. The van der Waals surface area contributed by atoms with Crippen LogP contribution >= 0.6 is 0 Å². The molecule has 1 unspecified atom stereocenters. The standard InChI is InChI=1S/C11H21NO2/c13-10(5-9-3-1-2-4-9)8-14-11-6-12-7-11/h9-13H,1-8H2. The van der Waals surface area contributed by atoms with Crippen molar-refractivity contribution in [1.29, 1.82) is 0 Å². The van der Waals surface area contributed by atoms with Crippen molar-refractivity contribution in [3.05, 3.63) is 0 Å². The van der Waals surface area contributed by atoms with Gasteiger partial charge in [-0.25, -0.2) is 0 Å². The molecule has 0 radical (unpaired) electrons. The van der Waals surface area contributed by atoms with E-state index >= 15 is 0 Å². The molecule has 3 nitrogen and oxygen atoms in total. The van der Waals surface area contributed by atoms with Crippen LogP contribution in [0.1, 0.15) is 32.1 Å². The molecular weight excluding hydrogens is 178 g/mol. The van der Waals surface area contributed by atoms with Gasteiger partial charge in [0.15, 0.2) is 0 Å². The molecule has 0 aromatic rings. The molecule has 3 heteroatoms. The molecule has 0 bridgehead atoms. The van der Waals surface area contributed by atoms with Crippen LogP contribution in [0.15, 0.2) is 0 Å². The summed E-state index contributed by atoms with van der Waals surface area (Å²) in [4.78, 5) is 0. The summed E-state index contributed by atoms with van der Waals surface area (Å²) in [6.45, 7) is 2.44. The highest BCUT2D eigenvalue weighted by Crippen LogP contribution is 2.28. The average molecular weight is 199 g/mol. The minimum Gasteiger partial charge on any atom is -0.391 e. The van der Waals surface area contributed by atoms with Crippen molar-refractivity contribution in [2.75, 3.05) is 19.7 Å². The molecule has 1 aliphatic carbocycles. The van der Waals surface area contributed by atoms with Gasteiger partial charge in [-0.3, -0.25) is 0 Å². The van der Waals surface area contributed by atoms with Gasteiger partial charge in [0.2, 0.25) is 0 Å². The number of hydrogen-bond donors (Lipinski definition) is 2. The van der Waals surface area contributed by atoms with Crippen molar-refractivity contribution in [3.8, 4) is 0 Å². The SMILES string of the molecule is OC(COC1CNC1)CC1CCCC1. The molecule has 1 atom stereocenters. The predicted octanol–water partition coefficient (Wildman–Crippen LogP) is 0.916. The topological polar surface area (TPSA) is 41.5 Å². The Morgan fingerprint density at radius 1 is 1.29 bits per heavy atom. The minimum absolute atomic E-state index is 0.237. The van der Waals surface area contributed by atoms with E-state index in [1.165, 1.54) is 25.7 Å². The lowest BCUT2D eigenvalue weighted by molar-refractivity contribution is -0.0360. The maximum absolute atomic E-state index is 9.73. The monoisotopic (exact) mass is 199 g/mol. The maximum Gasteiger partial charge on any atom is 0.0824 e. The Balaban J connectivity index is 1.55. The van der Waals surface area contributed by atoms with Crippen molar-refractivity contribution < 1.29 is 9.84 Å². The van der Waals surface area contributed by atoms with Crippen molar-refractivity contribution in [1.82, 2.24) is 5.32 Å². The zero-order valence-electron chi connectivity index (χ0n) is 8.74. The van der Waals surface area contributed by atoms with E-state index in [1.54, 1.807) is 0 Å². The number of ether oxygens (including phenoxy) is 1. The highest BCUT2D eigenvalue weighted by Gasteiger charge is 2.21. The van der Waals surface area contributed by atoms with E-state index in [4.69, 9.17) is 4.74 Å². The largest absolute Gasteiger partial charge is 0.391 e. The second-order valence-corrected chi connectivity index (χ2v) is 4.65. The maximum atomic E-state index is 9.73. The fraction of sp³-hybridized carbons (Fsp3) is 1.00. The van der Waals surface area contributed by atoms with Gasteiger partial charge in [-0.05, 0) is 12.3 Å². The Kier molecular flexibility index (Phi) is 3.79. The summed E-state index contributed by atoms with van der Waals surface area (Å²) >= 11 is 0. The van der Waals surface area contributed by atoms with Gasteiger partial charge >= 0.3 is 0 Å². The highest BCUT2D eigenvalue weighted by molar-refractivity contribution is 4.76. The molecule has 82 valence electrons.